The molecule has 0 amide bonds. The van der Waals surface area contributed by atoms with Crippen molar-refractivity contribution in [3.63, 3.8) is 0 Å². The molecule has 5 aliphatic rings. The Morgan fingerprint density at radius 2 is 1.63 bits per heavy atom. The highest BCUT2D eigenvalue weighted by atomic mass is 79.9. The van der Waals surface area contributed by atoms with E-state index in [2.05, 4.69) is 32.8 Å². The number of piperazine rings is 1. The van der Waals surface area contributed by atoms with Gasteiger partial charge in [-0.1, -0.05) is 15.9 Å². The topological polar surface area (TPSA) is 6.48 Å². The van der Waals surface area contributed by atoms with Gasteiger partial charge in [-0.25, -0.2) is 0 Å². The molecular weight excluding hydrogens is 300 g/mol. The average Bonchev–Trinajstić information content (AvgIpc) is 2.38. The second kappa shape index (κ2) is 4.71. The zero-order chi connectivity index (χ0) is 13.0. The second-order valence-electron chi connectivity index (χ2n) is 7.95. The Morgan fingerprint density at radius 1 is 1.00 bits per heavy atom. The molecule has 0 aromatic rings. The van der Waals surface area contributed by atoms with Crippen LogP contribution in [0.5, 0.6) is 0 Å². The summed E-state index contributed by atoms with van der Waals surface area (Å²) in [4.78, 5) is 6.05. The number of alkyl halides is 1. The zero-order valence-corrected chi connectivity index (χ0v) is 13.7. The van der Waals surface area contributed by atoms with E-state index in [0.29, 0.717) is 5.41 Å². The molecule has 0 unspecified atom stereocenters. The van der Waals surface area contributed by atoms with E-state index in [1.165, 1.54) is 58.4 Å². The fourth-order valence-electron chi connectivity index (χ4n) is 5.81. The molecule has 3 atom stereocenters. The highest BCUT2D eigenvalue weighted by Crippen LogP contribution is 2.62. The van der Waals surface area contributed by atoms with Crippen molar-refractivity contribution in [2.45, 2.75) is 36.9 Å². The minimum absolute atomic E-state index is 0.630. The molecule has 4 aliphatic carbocycles. The molecule has 1 saturated heterocycles. The molecule has 0 radical (unpaired) electrons. The summed E-state index contributed by atoms with van der Waals surface area (Å²) in [5.74, 6) is 3.14. The minimum Gasteiger partial charge on any atom is -0.304 e. The van der Waals surface area contributed by atoms with E-state index in [0.717, 1.165) is 22.6 Å². The first-order valence-corrected chi connectivity index (χ1v) is 9.11. The van der Waals surface area contributed by atoms with Crippen molar-refractivity contribution in [1.82, 2.24) is 9.80 Å². The fraction of sp³-hybridized carbons (Fsp3) is 1.00. The van der Waals surface area contributed by atoms with Crippen LogP contribution in [-0.4, -0.2) is 54.4 Å². The van der Waals surface area contributed by atoms with Crippen LogP contribution in [0.1, 0.15) is 32.1 Å². The summed E-state index contributed by atoms with van der Waals surface area (Å²) in [6.45, 7) is 6.48. The molecule has 4 saturated carbocycles. The molecule has 108 valence electrons. The Labute approximate surface area is 126 Å². The van der Waals surface area contributed by atoms with Crippen LogP contribution in [0.4, 0.5) is 0 Å². The van der Waals surface area contributed by atoms with Crippen molar-refractivity contribution in [2.24, 2.45) is 23.2 Å². The van der Waals surface area contributed by atoms with E-state index < -0.39 is 0 Å². The van der Waals surface area contributed by atoms with Crippen LogP contribution in [-0.2, 0) is 0 Å². The van der Waals surface area contributed by atoms with Crippen molar-refractivity contribution in [3.05, 3.63) is 0 Å². The molecule has 4 bridgehead atoms. The van der Waals surface area contributed by atoms with Crippen molar-refractivity contribution in [1.29, 1.82) is 0 Å². The van der Waals surface area contributed by atoms with Gasteiger partial charge >= 0.3 is 0 Å². The Bertz CT molecular complexity index is 337. The summed E-state index contributed by atoms with van der Waals surface area (Å²) in [6, 6.07) is 0. The third-order valence-electron chi connectivity index (χ3n) is 6.46. The van der Waals surface area contributed by atoms with Gasteiger partial charge in [0.1, 0.15) is 0 Å². The standard InChI is InChI=1S/C16H27BrN2/c1-18-2-4-19(5-3-18)11-16-9-12-6-13(10-16)8-14(7-12)15(16)17/h12-15H,2-11H2,1H3/t12-,13-,14?,15-,16?/m0/s1. The summed E-state index contributed by atoms with van der Waals surface area (Å²) in [5, 5.41) is 0. The van der Waals surface area contributed by atoms with Gasteiger partial charge in [-0.05, 0) is 62.3 Å². The van der Waals surface area contributed by atoms with E-state index in [1.807, 2.05) is 0 Å². The van der Waals surface area contributed by atoms with Gasteiger partial charge < -0.3 is 9.80 Å². The highest BCUT2D eigenvalue weighted by molar-refractivity contribution is 9.09. The fourth-order valence-corrected chi connectivity index (χ4v) is 6.76. The van der Waals surface area contributed by atoms with Crippen LogP contribution < -0.4 is 0 Å². The summed E-state index contributed by atoms with van der Waals surface area (Å²) in [6.07, 6.45) is 7.64. The van der Waals surface area contributed by atoms with Gasteiger partial charge in [0.25, 0.3) is 0 Å². The van der Waals surface area contributed by atoms with Crippen molar-refractivity contribution in [2.75, 3.05) is 39.8 Å². The number of nitrogens with zero attached hydrogens (tertiary/aromatic N) is 2. The molecule has 3 heteroatoms. The number of hydrogen-bond donors (Lipinski definition) is 0. The maximum atomic E-state index is 4.14. The van der Waals surface area contributed by atoms with Crippen LogP contribution >= 0.6 is 15.9 Å². The summed E-state index contributed by atoms with van der Waals surface area (Å²) in [7, 11) is 2.26. The maximum absolute atomic E-state index is 4.14. The first kappa shape index (κ1) is 13.1. The van der Waals surface area contributed by atoms with E-state index >= 15 is 0 Å². The lowest BCUT2D eigenvalue weighted by atomic mass is 9.49. The predicted octanol–water partition coefficient (Wildman–Crippen LogP) is 2.82. The molecule has 1 heterocycles. The summed E-state index contributed by atoms with van der Waals surface area (Å²) < 4.78 is 0. The summed E-state index contributed by atoms with van der Waals surface area (Å²) in [5.41, 5.74) is 0.630. The molecule has 5 rings (SSSR count). The SMILES string of the molecule is CN1CCN(CC23C[C@@H]4CC(C[C@H](C4)C2)[C@@H]3Br)CC1. The first-order chi connectivity index (χ1) is 9.14. The lowest BCUT2D eigenvalue weighted by Gasteiger charge is -2.61. The van der Waals surface area contributed by atoms with Gasteiger partial charge in [-0.15, -0.1) is 0 Å². The van der Waals surface area contributed by atoms with Gasteiger partial charge in [0.15, 0.2) is 0 Å². The third-order valence-corrected chi connectivity index (χ3v) is 8.18. The van der Waals surface area contributed by atoms with Crippen LogP contribution in [0.3, 0.4) is 0 Å². The molecule has 0 aromatic heterocycles. The molecule has 0 aromatic carbocycles. The Morgan fingerprint density at radius 3 is 2.26 bits per heavy atom. The Kier molecular flexibility index (Phi) is 3.24. The first-order valence-electron chi connectivity index (χ1n) is 8.20. The number of rotatable bonds is 2. The van der Waals surface area contributed by atoms with Crippen LogP contribution in [0.15, 0.2) is 0 Å². The maximum Gasteiger partial charge on any atom is 0.0243 e. The Hall–Kier alpha value is 0.400. The second-order valence-corrected chi connectivity index (χ2v) is 8.94. The van der Waals surface area contributed by atoms with Crippen molar-refractivity contribution < 1.29 is 0 Å². The lowest BCUT2D eigenvalue weighted by Crippen LogP contribution is -2.59. The van der Waals surface area contributed by atoms with E-state index in [-0.39, 0.29) is 0 Å². The monoisotopic (exact) mass is 326 g/mol. The minimum atomic E-state index is 0.630. The number of halogens is 1. The van der Waals surface area contributed by atoms with Gasteiger partial charge in [0, 0.05) is 37.6 Å². The summed E-state index contributed by atoms with van der Waals surface area (Å²) >= 11 is 4.14. The predicted molar refractivity (Wildman–Crippen MR) is 82.6 cm³/mol. The normalized spacial score (nSPS) is 50.8. The third kappa shape index (κ3) is 2.20. The number of hydrogen-bond acceptors (Lipinski definition) is 2. The quantitative estimate of drug-likeness (QED) is 0.720. The smallest absolute Gasteiger partial charge is 0.0243 e. The molecule has 5 fully saturated rings. The lowest BCUT2D eigenvalue weighted by molar-refractivity contribution is -0.0641. The molecule has 2 nitrogen and oxygen atoms in total. The average molecular weight is 327 g/mol. The molecule has 1 aliphatic heterocycles. The van der Waals surface area contributed by atoms with Crippen LogP contribution in [0, 0.1) is 23.2 Å². The van der Waals surface area contributed by atoms with Gasteiger partial charge in [-0.3, -0.25) is 0 Å². The number of likely N-dealkylation sites (N-methyl/N-ethyl adjacent to an activating group) is 1. The zero-order valence-electron chi connectivity index (χ0n) is 12.2. The highest BCUT2D eigenvalue weighted by Gasteiger charge is 2.56. The van der Waals surface area contributed by atoms with Crippen LogP contribution in [0.2, 0.25) is 0 Å². The molecular formula is C16H27BrN2. The van der Waals surface area contributed by atoms with E-state index in [9.17, 15) is 0 Å². The van der Waals surface area contributed by atoms with Crippen molar-refractivity contribution in [3.8, 4) is 0 Å². The van der Waals surface area contributed by atoms with Gasteiger partial charge in [0.2, 0.25) is 0 Å². The van der Waals surface area contributed by atoms with Crippen molar-refractivity contribution >= 4 is 15.9 Å². The Balaban J connectivity index is 1.49. The van der Waals surface area contributed by atoms with E-state index in [4.69, 9.17) is 0 Å². The molecule has 0 spiro atoms. The molecule has 0 N–H and O–H groups in total. The van der Waals surface area contributed by atoms with Gasteiger partial charge in [-0.2, -0.15) is 0 Å². The van der Waals surface area contributed by atoms with Gasteiger partial charge in [0.05, 0.1) is 0 Å². The van der Waals surface area contributed by atoms with E-state index in [1.54, 1.807) is 6.42 Å². The largest absolute Gasteiger partial charge is 0.304 e. The van der Waals surface area contributed by atoms with Crippen LogP contribution in [0.25, 0.3) is 0 Å². The molecule has 19 heavy (non-hydrogen) atoms.